The fourth-order valence-corrected chi connectivity index (χ4v) is 1.97. The molecular weight excluding hydrogens is 258 g/mol. The van der Waals surface area contributed by atoms with Crippen LogP contribution in [0.2, 0.25) is 0 Å². The molecule has 0 aliphatic rings. The van der Waals surface area contributed by atoms with Gasteiger partial charge in [-0.2, -0.15) is 0 Å². The zero-order valence-corrected chi connectivity index (χ0v) is 11.9. The predicted molar refractivity (Wildman–Crippen MR) is 75.2 cm³/mol. The highest BCUT2D eigenvalue weighted by atomic mass is 16.4. The first-order valence-corrected chi connectivity index (χ1v) is 7.13. The van der Waals surface area contributed by atoms with E-state index < -0.39 is 12.0 Å². The van der Waals surface area contributed by atoms with Gasteiger partial charge in [-0.3, -0.25) is 4.79 Å². The molecule has 0 fully saturated rings. The van der Waals surface area contributed by atoms with Crippen molar-refractivity contribution in [2.24, 2.45) is 0 Å². The molecule has 0 aliphatic carbocycles. The molecule has 6 nitrogen and oxygen atoms in total. The summed E-state index contributed by atoms with van der Waals surface area (Å²) in [7, 11) is 0. The number of carbonyl (C=O) groups is 2. The maximum Gasteiger partial charge on any atom is 0.326 e. The van der Waals surface area contributed by atoms with Crippen molar-refractivity contribution in [3.05, 3.63) is 18.2 Å². The zero-order valence-electron chi connectivity index (χ0n) is 11.9. The molecule has 0 saturated carbocycles. The molecule has 1 aromatic heterocycles. The Kier molecular flexibility index (Phi) is 7.39. The van der Waals surface area contributed by atoms with E-state index in [1.807, 2.05) is 0 Å². The van der Waals surface area contributed by atoms with Gasteiger partial charge in [-0.15, -0.1) is 0 Å². The summed E-state index contributed by atoms with van der Waals surface area (Å²) in [6.07, 6.45) is 8.95. The molecule has 3 N–H and O–H groups in total. The molecule has 0 saturated heterocycles. The van der Waals surface area contributed by atoms with Crippen molar-refractivity contribution in [2.45, 2.75) is 57.9 Å². The first-order chi connectivity index (χ1) is 9.63. The lowest BCUT2D eigenvalue weighted by Crippen LogP contribution is -2.42. The van der Waals surface area contributed by atoms with Gasteiger partial charge in [-0.05, 0) is 6.42 Å². The summed E-state index contributed by atoms with van der Waals surface area (Å²) in [6.45, 7) is 2.14. The third-order valence-corrected chi connectivity index (χ3v) is 3.12. The topological polar surface area (TPSA) is 95.1 Å². The number of rotatable bonds is 10. The van der Waals surface area contributed by atoms with Crippen molar-refractivity contribution in [3.8, 4) is 0 Å². The summed E-state index contributed by atoms with van der Waals surface area (Å²) in [5.74, 6) is -1.23. The molecule has 0 spiro atoms. The Morgan fingerprint density at radius 3 is 2.70 bits per heavy atom. The lowest BCUT2D eigenvalue weighted by molar-refractivity contribution is -0.141. The highest BCUT2D eigenvalue weighted by Gasteiger charge is 2.20. The molecule has 1 unspecified atom stereocenters. The van der Waals surface area contributed by atoms with Gasteiger partial charge < -0.3 is 15.4 Å². The van der Waals surface area contributed by atoms with E-state index in [0.29, 0.717) is 12.1 Å². The van der Waals surface area contributed by atoms with Crippen LogP contribution in [0.4, 0.5) is 0 Å². The second kappa shape index (κ2) is 9.12. The molecule has 20 heavy (non-hydrogen) atoms. The van der Waals surface area contributed by atoms with Crippen LogP contribution in [0.5, 0.6) is 0 Å². The van der Waals surface area contributed by atoms with Gasteiger partial charge in [0, 0.05) is 24.7 Å². The molecule has 0 radical (unpaired) electrons. The van der Waals surface area contributed by atoms with Crippen molar-refractivity contribution < 1.29 is 14.7 Å². The van der Waals surface area contributed by atoms with Crippen molar-refractivity contribution in [1.29, 1.82) is 0 Å². The molecular formula is C14H23N3O3. The number of nitrogens with one attached hydrogen (secondary N) is 2. The number of imidazole rings is 1. The molecule has 1 amide bonds. The SMILES string of the molecule is CCCCCCCC(=O)NC(Cc1cnc[nH]1)C(=O)O. The van der Waals surface area contributed by atoms with E-state index in [9.17, 15) is 9.59 Å². The third-order valence-electron chi connectivity index (χ3n) is 3.12. The lowest BCUT2D eigenvalue weighted by Gasteiger charge is -2.13. The van der Waals surface area contributed by atoms with Crippen LogP contribution in [0.15, 0.2) is 12.5 Å². The van der Waals surface area contributed by atoms with Crippen molar-refractivity contribution >= 4 is 11.9 Å². The van der Waals surface area contributed by atoms with Gasteiger partial charge in [-0.1, -0.05) is 32.6 Å². The molecule has 0 bridgehead atoms. The molecule has 1 aromatic rings. The minimum Gasteiger partial charge on any atom is -0.480 e. The number of aliphatic carboxylic acids is 1. The largest absolute Gasteiger partial charge is 0.480 e. The normalized spacial score (nSPS) is 12.1. The minimum atomic E-state index is -1.03. The Morgan fingerprint density at radius 1 is 1.35 bits per heavy atom. The number of hydrogen-bond acceptors (Lipinski definition) is 3. The Morgan fingerprint density at radius 2 is 2.10 bits per heavy atom. The number of H-pyrrole nitrogens is 1. The molecule has 0 aromatic carbocycles. The standard InChI is InChI=1S/C14H23N3O3/c1-2-3-4-5-6-7-13(18)17-12(14(19)20)8-11-9-15-10-16-11/h9-10,12H,2-8H2,1H3,(H,15,16)(H,17,18)(H,19,20). The smallest absolute Gasteiger partial charge is 0.326 e. The lowest BCUT2D eigenvalue weighted by atomic mass is 10.1. The van der Waals surface area contributed by atoms with Crippen LogP contribution < -0.4 is 5.32 Å². The Hall–Kier alpha value is -1.85. The van der Waals surface area contributed by atoms with Crippen molar-refractivity contribution in [1.82, 2.24) is 15.3 Å². The summed E-state index contributed by atoms with van der Waals surface area (Å²) in [5, 5.41) is 11.7. The first kappa shape index (κ1) is 16.2. The number of hydrogen-bond donors (Lipinski definition) is 3. The van der Waals surface area contributed by atoms with Crippen molar-refractivity contribution in [3.63, 3.8) is 0 Å². The fraction of sp³-hybridized carbons (Fsp3) is 0.643. The number of carboxylic acids is 1. The number of carbonyl (C=O) groups excluding carboxylic acids is 1. The van der Waals surface area contributed by atoms with E-state index in [0.717, 1.165) is 25.7 Å². The quantitative estimate of drug-likeness (QED) is 0.571. The molecule has 1 heterocycles. The maximum atomic E-state index is 11.7. The van der Waals surface area contributed by atoms with Gasteiger partial charge in [0.1, 0.15) is 6.04 Å². The second-order valence-corrected chi connectivity index (χ2v) is 4.90. The van der Waals surface area contributed by atoms with Crippen LogP contribution in [0.3, 0.4) is 0 Å². The van der Waals surface area contributed by atoms with Crippen LogP contribution in [-0.4, -0.2) is 33.0 Å². The number of aromatic amines is 1. The molecule has 0 aliphatic heterocycles. The number of unbranched alkanes of at least 4 members (excludes halogenated alkanes) is 4. The molecule has 1 rings (SSSR count). The minimum absolute atomic E-state index is 0.201. The van der Waals surface area contributed by atoms with Gasteiger partial charge in [0.05, 0.1) is 6.33 Å². The summed E-state index contributed by atoms with van der Waals surface area (Å²) >= 11 is 0. The second-order valence-electron chi connectivity index (χ2n) is 4.90. The average molecular weight is 281 g/mol. The van der Waals surface area contributed by atoms with Gasteiger partial charge >= 0.3 is 5.97 Å². The monoisotopic (exact) mass is 281 g/mol. The molecule has 6 heteroatoms. The predicted octanol–water partition coefficient (Wildman–Crippen LogP) is 1.88. The van der Waals surface area contributed by atoms with Gasteiger partial charge in [0.25, 0.3) is 0 Å². The Balaban J connectivity index is 2.30. The Bertz CT molecular complexity index is 404. The van der Waals surface area contributed by atoms with Crippen LogP contribution >= 0.6 is 0 Å². The summed E-state index contributed by atoms with van der Waals surface area (Å²) < 4.78 is 0. The highest BCUT2D eigenvalue weighted by Crippen LogP contribution is 2.05. The third kappa shape index (κ3) is 6.36. The number of amides is 1. The fourth-order valence-electron chi connectivity index (χ4n) is 1.97. The number of nitrogens with zero attached hydrogens (tertiary/aromatic N) is 1. The van der Waals surface area contributed by atoms with Crippen LogP contribution in [0.1, 0.15) is 51.1 Å². The maximum absolute atomic E-state index is 11.7. The summed E-state index contributed by atoms with van der Waals surface area (Å²) in [5.41, 5.74) is 0.695. The highest BCUT2D eigenvalue weighted by molar-refractivity contribution is 5.83. The summed E-state index contributed by atoms with van der Waals surface area (Å²) in [6, 6.07) is -0.904. The van der Waals surface area contributed by atoms with E-state index in [1.54, 1.807) is 6.20 Å². The first-order valence-electron chi connectivity index (χ1n) is 7.13. The number of carboxylic acid groups (broad SMARTS) is 1. The van der Waals surface area contributed by atoms with Crippen molar-refractivity contribution in [2.75, 3.05) is 0 Å². The average Bonchev–Trinajstić information content (AvgIpc) is 2.90. The van der Waals surface area contributed by atoms with E-state index >= 15 is 0 Å². The number of aromatic nitrogens is 2. The van der Waals surface area contributed by atoms with E-state index in [2.05, 4.69) is 22.2 Å². The van der Waals surface area contributed by atoms with Gasteiger partial charge in [0.2, 0.25) is 5.91 Å². The van der Waals surface area contributed by atoms with E-state index in [4.69, 9.17) is 5.11 Å². The van der Waals surface area contributed by atoms with Crippen LogP contribution in [0, 0.1) is 0 Å². The van der Waals surface area contributed by atoms with E-state index in [1.165, 1.54) is 12.7 Å². The summed E-state index contributed by atoms with van der Waals surface area (Å²) in [4.78, 5) is 29.5. The van der Waals surface area contributed by atoms with E-state index in [-0.39, 0.29) is 12.3 Å². The molecule has 1 atom stereocenters. The molecule has 112 valence electrons. The van der Waals surface area contributed by atoms with Gasteiger partial charge in [-0.25, -0.2) is 9.78 Å². The Labute approximate surface area is 119 Å². The van der Waals surface area contributed by atoms with Gasteiger partial charge in [0.15, 0.2) is 0 Å². The zero-order chi connectivity index (χ0) is 14.8. The van der Waals surface area contributed by atoms with Crippen LogP contribution in [0.25, 0.3) is 0 Å². The van der Waals surface area contributed by atoms with Crippen LogP contribution in [-0.2, 0) is 16.0 Å².